The Kier molecular flexibility index (Phi) is 9.00. The second kappa shape index (κ2) is 11.5. The Bertz CT molecular complexity index is 645. The predicted molar refractivity (Wildman–Crippen MR) is 131 cm³/mol. The highest BCUT2D eigenvalue weighted by molar-refractivity contribution is 7.92. The number of methoxy groups -OCH3 is 1. The molecule has 4 rings (SSSR count). The fourth-order valence-corrected chi connectivity index (χ4v) is 9.58. The number of ether oxygens (including phenoxy) is 2. The Morgan fingerprint density at radius 1 is 0.594 bits per heavy atom. The second-order valence-corrected chi connectivity index (χ2v) is 14.3. The molecular weight excluding hydrogens is 420 g/mol. The van der Waals surface area contributed by atoms with Gasteiger partial charge in [-0.25, -0.2) is 8.42 Å². The van der Waals surface area contributed by atoms with Crippen molar-refractivity contribution >= 4 is 9.84 Å². The van der Waals surface area contributed by atoms with E-state index >= 15 is 0 Å². The molecule has 5 heteroatoms. The summed E-state index contributed by atoms with van der Waals surface area (Å²) in [4.78, 5) is 0. The Morgan fingerprint density at radius 3 is 1.47 bits per heavy atom. The molecule has 0 unspecified atom stereocenters. The van der Waals surface area contributed by atoms with Crippen LogP contribution in [-0.2, 0) is 19.3 Å². The molecule has 4 nitrogen and oxygen atoms in total. The summed E-state index contributed by atoms with van der Waals surface area (Å²) < 4.78 is 38.3. The molecular formula is C27H48O4S. The van der Waals surface area contributed by atoms with Gasteiger partial charge in [0.1, 0.15) is 0 Å². The topological polar surface area (TPSA) is 52.6 Å². The Hall–Kier alpha value is -0.130. The zero-order valence-corrected chi connectivity index (χ0v) is 21.5. The van der Waals surface area contributed by atoms with Crippen molar-refractivity contribution in [3.63, 3.8) is 0 Å². The molecule has 0 amide bonds. The van der Waals surface area contributed by atoms with Gasteiger partial charge < -0.3 is 9.47 Å². The van der Waals surface area contributed by atoms with E-state index in [9.17, 15) is 8.42 Å². The third-order valence-corrected chi connectivity index (χ3v) is 12.3. The van der Waals surface area contributed by atoms with Gasteiger partial charge >= 0.3 is 0 Å². The van der Waals surface area contributed by atoms with E-state index in [2.05, 4.69) is 6.92 Å². The lowest BCUT2D eigenvalue weighted by atomic mass is 9.76. The van der Waals surface area contributed by atoms with E-state index in [0.717, 1.165) is 63.2 Å². The van der Waals surface area contributed by atoms with Crippen LogP contribution in [0, 0.1) is 17.8 Å². The van der Waals surface area contributed by atoms with Gasteiger partial charge in [-0.1, -0.05) is 6.92 Å². The van der Waals surface area contributed by atoms with Crippen LogP contribution in [0.2, 0.25) is 0 Å². The minimum atomic E-state index is -2.96. The van der Waals surface area contributed by atoms with Crippen LogP contribution in [0.3, 0.4) is 0 Å². The van der Waals surface area contributed by atoms with Gasteiger partial charge in [-0.3, -0.25) is 0 Å². The maximum atomic E-state index is 13.1. The molecule has 0 radical (unpaired) electrons. The van der Waals surface area contributed by atoms with Gasteiger partial charge in [0.25, 0.3) is 0 Å². The van der Waals surface area contributed by atoms with E-state index in [1.807, 2.05) is 7.11 Å². The van der Waals surface area contributed by atoms with Crippen molar-refractivity contribution in [2.45, 2.75) is 145 Å². The van der Waals surface area contributed by atoms with Gasteiger partial charge in [-0.2, -0.15) is 0 Å². The van der Waals surface area contributed by atoms with Crippen molar-refractivity contribution in [2.24, 2.45) is 17.8 Å². The molecule has 4 aliphatic carbocycles. The zero-order valence-electron chi connectivity index (χ0n) is 20.7. The molecule has 0 aromatic carbocycles. The summed E-state index contributed by atoms with van der Waals surface area (Å²) in [6.07, 6.45) is 20.3. The molecule has 0 saturated heterocycles. The largest absolute Gasteiger partial charge is 0.381 e. The van der Waals surface area contributed by atoms with Crippen LogP contribution in [0.5, 0.6) is 0 Å². The normalized spacial score (nSPS) is 41.9. The average molecular weight is 469 g/mol. The third-order valence-electron chi connectivity index (χ3n) is 9.49. The summed E-state index contributed by atoms with van der Waals surface area (Å²) in [5, 5.41) is -0.175. The molecule has 0 spiro atoms. The molecule has 0 aromatic heterocycles. The third kappa shape index (κ3) is 6.50. The average Bonchev–Trinajstić information content (AvgIpc) is 2.81. The summed E-state index contributed by atoms with van der Waals surface area (Å²) in [6, 6.07) is 0. The SMILES string of the molecule is COC1CCC(CC2CCC(OC3CCC(S(=O)(=O)C4CCC(C)CC4)CC3)CC2)CC1. The van der Waals surface area contributed by atoms with Crippen molar-refractivity contribution in [3.8, 4) is 0 Å². The van der Waals surface area contributed by atoms with Crippen molar-refractivity contribution < 1.29 is 17.9 Å². The first-order valence-corrected chi connectivity index (χ1v) is 15.5. The van der Waals surface area contributed by atoms with E-state index in [4.69, 9.17) is 9.47 Å². The number of rotatable bonds is 7. The maximum absolute atomic E-state index is 13.1. The molecule has 0 bridgehead atoms. The number of hydrogen-bond donors (Lipinski definition) is 0. The van der Waals surface area contributed by atoms with Crippen LogP contribution in [0.15, 0.2) is 0 Å². The molecule has 0 heterocycles. The highest BCUT2D eigenvalue weighted by atomic mass is 32.2. The fourth-order valence-electron chi connectivity index (χ4n) is 7.18. The Balaban J connectivity index is 1.13. The van der Waals surface area contributed by atoms with Gasteiger partial charge in [0.15, 0.2) is 9.84 Å². The lowest BCUT2D eigenvalue weighted by Crippen LogP contribution is -2.39. The quantitative estimate of drug-likeness (QED) is 0.430. The minimum Gasteiger partial charge on any atom is -0.381 e. The molecule has 32 heavy (non-hydrogen) atoms. The summed E-state index contributed by atoms with van der Waals surface area (Å²) >= 11 is 0. The summed E-state index contributed by atoms with van der Waals surface area (Å²) in [5.41, 5.74) is 0. The molecule has 0 atom stereocenters. The van der Waals surface area contributed by atoms with E-state index < -0.39 is 9.84 Å². The number of hydrogen-bond acceptors (Lipinski definition) is 4. The smallest absolute Gasteiger partial charge is 0.156 e. The summed E-state index contributed by atoms with van der Waals surface area (Å²) in [7, 11) is -1.10. The van der Waals surface area contributed by atoms with Gasteiger partial charge in [0, 0.05) is 7.11 Å². The van der Waals surface area contributed by atoms with Gasteiger partial charge in [-0.05, 0) is 127 Å². The molecule has 4 fully saturated rings. The van der Waals surface area contributed by atoms with Crippen LogP contribution in [0.25, 0.3) is 0 Å². The summed E-state index contributed by atoms with van der Waals surface area (Å²) in [6.45, 7) is 2.26. The monoisotopic (exact) mass is 468 g/mol. The van der Waals surface area contributed by atoms with Gasteiger partial charge in [0.05, 0.1) is 28.8 Å². The molecule has 0 aromatic rings. The first-order valence-electron chi connectivity index (χ1n) is 13.8. The van der Waals surface area contributed by atoms with Crippen molar-refractivity contribution in [2.75, 3.05) is 7.11 Å². The first-order chi connectivity index (χ1) is 15.4. The molecule has 4 aliphatic rings. The van der Waals surface area contributed by atoms with Gasteiger partial charge in [0.2, 0.25) is 0 Å². The van der Waals surface area contributed by atoms with E-state index in [-0.39, 0.29) is 10.5 Å². The molecule has 0 N–H and O–H groups in total. The van der Waals surface area contributed by atoms with Crippen molar-refractivity contribution in [1.29, 1.82) is 0 Å². The standard InChI is InChI=1S/C27H48O4S/c1-20-3-15-26(16-4-20)32(28,29)27-17-13-25(14-18-27)31-24-11-7-22(8-12-24)19-21-5-9-23(30-2)10-6-21/h20-27H,3-19H2,1-2H3. The lowest BCUT2D eigenvalue weighted by Gasteiger charge is -2.37. The van der Waals surface area contributed by atoms with E-state index in [1.165, 1.54) is 57.8 Å². The first kappa shape index (κ1) is 25.0. The molecule has 4 saturated carbocycles. The van der Waals surface area contributed by atoms with Crippen LogP contribution >= 0.6 is 0 Å². The van der Waals surface area contributed by atoms with Crippen LogP contribution in [-0.4, -0.2) is 44.3 Å². The highest BCUT2D eigenvalue weighted by Crippen LogP contribution is 2.39. The van der Waals surface area contributed by atoms with E-state index in [0.29, 0.717) is 24.2 Å². The lowest BCUT2D eigenvalue weighted by molar-refractivity contribution is -0.0522. The maximum Gasteiger partial charge on any atom is 0.156 e. The van der Waals surface area contributed by atoms with Crippen LogP contribution < -0.4 is 0 Å². The number of sulfone groups is 1. The molecule has 186 valence electrons. The molecule has 0 aliphatic heterocycles. The van der Waals surface area contributed by atoms with Crippen LogP contribution in [0.1, 0.15) is 116 Å². The fraction of sp³-hybridized carbons (Fsp3) is 1.00. The minimum absolute atomic E-state index is 0.0685. The highest BCUT2D eigenvalue weighted by Gasteiger charge is 2.38. The van der Waals surface area contributed by atoms with Crippen molar-refractivity contribution in [3.05, 3.63) is 0 Å². The van der Waals surface area contributed by atoms with E-state index in [1.54, 1.807) is 0 Å². The predicted octanol–water partition coefficient (Wildman–Crippen LogP) is 6.46. The van der Waals surface area contributed by atoms with Crippen molar-refractivity contribution in [1.82, 2.24) is 0 Å². The van der Waals surface area contributed by atoms with Crippen LogP contribution in [0.4, 0.5) is 0 Å². The zero-order chi connectivity index (χ0) is 22.6. The summed E-state index contributed by atoms with van der Waals surface area (Å²) in [5.74, 6) is 2.50. The second-order valence-electron chi connectivity index (χ2n) is 11.8. The van der Waals surface area contributed by atoms with Gasteiger partial charge in [-0.15, -0.1) is 0 Å². The Labute approximate surface area is 197 Å². The Morgan fingerprint density at radius 2 is 1.00 bits per heavy atom.